The van der Waals surface area contributed by atoms with E-state index in [1.807, 2.05) is 23.9 Å². The first-order valence-corrected chi connectivity index (χ1v) is 16.9. The number of amides is 1. The van der Waals surface area contributed by atoms with Gasteiger partial charge in [-0.2, -0.15) is 0 Å². The van der Waals surface area contributed by atoms with Gasteiger partial charge in [0.15, 0.2) is 11.5 Å². The van der Waals surface area contributed by atoms with E-state index in [1.165, 1.54) is 32.4 Å². The molecule has 240 valence electrons. The van der Waals surface area contributed by atoms with Gasteiger partial charge in [-0.15, -0.1) is 0 Å². The van der Waals surface area contributed by atoms with Crippen LogP contribution in [0.2, 0.25) is 0 Å². The average molecular weight is 703 g/mol. The predicted molar refractivity (Wildman–Crippen MR) is 179 cm³/mol. The Kier molecular flexibility index (Phi) is 9.19. The minimum atomic E-state index is -3.75. The number of morpholine rings is 1. The molecule has 5 rings (SSSR count). The predicted octanol–water partition coefficient (Wildman–Crippen LogP) is 6.01. The van der Waals surface area contributed by atoms with Crippen LogP contribution < -0.4 is 30.1 Å². The van der Waals surface area contributed by atoms with E-state index >= 15 is 4.57 Å². The van der Waals surface area contributed by atoms with Crippen molar-refractivity contribution in [2.75, 3.05) is 62.9 Å². The van der Waals surface area contributed by atoms with Crippen LogP contribution in [0, 0.1) is 10.1 Å². The minimum absolute atomic E-state index is 0.104. The van der Waals surface area contributed by atoms with Crippen molar-refractivity contribution in [2.45, 2.75) is 32.2 Å². The molecule has 0 bridgehead atoms. The monoisotopic (exact) mass is 701 g/mol. The molecule has 3 aromatic carbocycles. The molecule has 45 heavy (non-hydrogen) atoms. The Bertz CT molecular complexity index is 1690. The first-order chi connectivity index (χ1) is 21.3. The third kappa shape index (κ3) is 6.02. The highest BCUT2D eigenvalue weighted by Crippen LogP contribution is 2.54. The Morgan fingerprint density at radius 1 is 1.07 bits per heavy atom. The van der Waals surface area contributed by atoms with Crippen molar-refractivity contribution in [3.63, 3.8) is 0 Å². The normalized spacial score (nSPS) is 18.9. The lowest BCUT2D eigenvalue weighted by Gasteiger charge is -2.37. The second-order valence-corrected chi connectivity index (χ2v) is 14.9. The summed E-state index contributed by atoms with van der Waals surface area (Å²) in [6, 6.07) is 13.1. The molecule has 14 heteroatoms. The Balaban J connectivity index is 1.68. The molecule has 1 saturated heterocycles. The Hall–Kier alpha value is -3.64. The van der Waals surface area contributed by atoms with Gasteiger partial charge < -0.3 is 29.5 Å². The van der Waals surface area contributed by atoms with Crippen LogP contribution in [0.5, 0.6) is 11.5 Å². The van der Waals surface area contributed by atoms with Crippen molar-refractivity contribution in [3.8, 4) is 11.5 Å². The van der Waals surface area contributed by atoms with Crippen molar-refractivity contribution in [1.82, 2.24) is 4.67 Å². The van der Waals surface area contributed by atoms with Crippen LogP contribution >= 0.6 is 23.4 Å². The number of halogens is 1. The van der Waals surface area contributed by atoms with Gasteiger partial charge in [0.1, 0.15) is 0 Å². The molecule has 0 unspecified atom stereocenters. The number of rotatable bonds is 9. The number of nitrogens with one attached hydrogen (secondary N) is 2. The number of carbonyl (C=O) groups is 1. The van der Waals surface area contributed by atoms with Gasteiger partial charge in [-0.05, 0) is 64.8 Å². The van der Waals surface area contributed by atoms with Crippen molar-refractivity contribution in [3.05, 3.63) is 74.2 Å². The quantitative estimate of drug-likeness (QED) is 0.155. The molecule has 2 atom stereocenters. The van der Waals surface area contributed by atoms with E-state index in [-0.39, 0.29) is 17.1 Å². The number of hydrogen-bond acceptors (Lipinski definition) is 8. The highest BCUT2D eigenvalue weighted by molar-refractivity contribution is 9.10. The molecule has 0 aromatic heterocycles. The van der Waals surface area contributed by atoms with Gasteiger partial charge in [0.05, 0.1) is 49.0 Å². The molecule has 2 aliphatic rings. The lowest BCUT2D eigenvalue weighted by Crippen LogP contribution is -2.40. The van der Waals surface area contributed by atoms with Gasteiger partial charge >= 0.3 is 0 Å². The molecule has 0 aliphatic carbocycles. The van der Waals surface area contributed by atoms with Crippen LogP contribution in [-0.2, 0) is 14.7 Å². The van der Waals surface area contributed by atoms with Gasteiger partial charge in [-0.25, -0.2) is 4.67 Å². The average Bonchev–Trinajstić information content (AvgIpc) is 3.20. The van der Waals surface area contributed by atoms with E-state index in [4.69, 9.17) is 14.2 Å². The lowest BCUT2D eigenvalue weighted by atomic mass is 9.81. The third-order valence-corrected chi connectivity index (χ3v) is 12.3. The van der Waals surface area contributed by atoms with Crippen LogP contribution in [0.3, 0.4) is 0 Å². The van der Waals surface area contributed by atoms with Crippen LogP contribution in [0.15, 0.2) is 53.0 Å². The second-order valence-electron chi connectivity index (χ2n) is 11.6. The van der Waals surface area contributed by atoms with E-state index in [2.05, 4.69) is 52.0 Å². The summed E-state index contributed by atoms with van der Waals surface area (Å²) in [6.45, 7) is 7.91. The second kappa shape index (κ2) is 12.6. The number of nitrogens with zero attached hydrogens (tertiary/aromatic N) is 3. The Labute approximate surface area is 270 Å². The van der Waals surface area contributed by atoms with Crippen molar-refractivity contribution in [1.29, 1.82) is 0 Å². The molecule has 0 saturated carbocycles. The van der Waals surface area contributed by atoms with Gasteiger partial charge in [0.25, 0.3) is 19.0 Å². The molecule has 2 N–H and O–H groups in total. The summed E-state index contributed by atoms with van der Waals surface area (Å²) in [5.74, 6) is 0.466. The molecule has 3 aromatic rings. The van der Waals surface area contributed by atoms with Gasteiger partial charge in [-0.1, -0.05) is 13.8 Å². The maximum absolute atomic E-state index is 15.6. The van der Waals surface area contributed by atoms with Crippen molar-refractivity contribution < 1.29 is 28.5 Å². The molecule has 1 amide bonds. The number of methoxy groups -OCH3 is 2. The van der Waals surface area contributed by atoms with Gasteiger partial charge in [0, 0.05) is 59.5 Å². The number of nitro benzene ring substituents is 1. The number of hydrogen-bond donors (Lipinski definition) is 2. The summed E-state index contributed by atoms with van der Waals surface area (Å²) in [7, 11) is 1.27. The number of ether oxygens (including phenoxy) is 3. The highest BCUT2D eigenvalue weighted by atomic mass is 79.9. The lowest BCUT2D eigenvalue weighted by molar-refractivity contribution is -0.384. The first-order valence-electron chi connectivity index (χ1n) is 14.4. The summed E-state index contributed by atoms with van der Waals surface area (Å²) in [5.41, 5.74) is 2.64. The molecule has 1 fully saturated rings. The van der Waals surface area contributed by atoms with E-state index in [0.29, 0.717) is 64.5 Å². The fraction of sp³-hybridized carbons (Fsp3) is 0.387. The molecular formula is C31H37BrN5O7P. The largest absolute Gasteiger partial charge is 0.493 e. The number of nitro groups is 1. The molecule has 0 radical (unpaired) electrons. The minimum Gasteiger partial charge on any atom is -0.493 e. The summed E-state index contributed by atoms with van der Waals surface area (Å²) in [6.07, 6.45) is 0. The maximum atomic E-state index is 15.6. The summed E-state index contributed by atoms with van der Waals surface area (Å²) >= 11 is 3.43. The van der Waals surface area contributed by atoms with Crippen LogP contribution in [0.25, 0.3) is 0 Å². The number of likely N-dealkylation sites (N-methyl/N-ethyl adjacent to an activating group) is 1. The van der Waals surface area contributed by atoms with Crippen molar-refractivity contribution in [2.24, 2.45) is 0 Å². The molecular weight excluding hydrogens is 665 g/mol. The SMILES string of the molecule is COc1ccc(C(=O)Nc2cc3c(cc2[P@@](=O)(Nc2ccc([N+](=O)[O-])cc2Br)N2CCOCC2)C(C)(C)[C@H](C)N3C)cc1OC. The number of fused-ring (bicyclic) bond motifs is 1. The zero-order valence-electron chi connectivity index (χ0n) is 26.0. The fourth-order valence-electron chi connectivity index (χ4n) is 5.82. The van der Waals surface area contributed by atoms with E-state index in [9.17, 15) is 14.9 Å². The van der Waals surface area contributed by atoms with Gasteiger partial charge in [0.2, 0.25) is 0 Å². The van der Waals surface area contributed by atoms with E-state index in [1.54, 1.807) is 18.2 Å². The standard InChI is InChI=1S/C31H37BrN5O7P/c1-19-31(2,3)22-17-29(25(18-26(22)35(19)4)33-30(38)20-7-10-27(42-5)28(15-20)43-6)45(41,36-11-13-44-14-12-36)34-24-9-8-21(37(39)40)16-23(24)32/h7-10,15-19H,11-14H2,1-6H3,(H,33,38)(H,34,41)/t19-,45+/m0/s1. The topological polar surface area (TPSA) is 136 Å². The van der Waals surface area contributed by atoms with Crippen LogP contribution in [0.1, 0.15) is 36.7 Å². The fourth-order valence-corrected chi connectivity index (χ4v) is 9.00. The van der Waals surface area contributed by atoms with Crippen LogP contribution in [0.4, 0.5) is 22.7 Å². The summed E-state index contributed by atoms with van der Waals surface area (Å²) in [4.78, 5) is 26.9. The Morgan fingerprint density at radius 3 is 2.38 bits per heavy atom. The first kappa shape index (κ1) is 32.7. The number of anilines is 3. The van der Waals surface area contributed by atoms with E-state index in [0.717, 1.165) is 11.3 Å². The van der Waals surface area contributed by atoms with Gasteiger partial charge in [-0.3, -0.25) is 19.5 Å². The summed E-state index contributed by atoms with van der Waals surface area (Å²) < 4.78 is 34.2. The van der Waals surface area contributed by atoms with E-state index < -0.39 is 18.3 Å². The number of non-ortho nitro benzene ring substituents is 1. The Morgan fingerprint density at radius 2 is 1.76 bits per heavy atom. The third-order valence-electron chi connectivity index (χ3n) is 8.86. The smallest absolute Gasteiger partial charge is 0.270 e. The molecule has 12 nitrogen and oxygen atoms in total. The zero-order valence-corrected chi connectivity index (χ0v) is 28.5. The highest BCUT2D eigenvalue weighted by Gasteiger charge is 2.44. The zero-order chi connectivity index (χ0) is 32.7. The summed E-state index contributed by atoms with van der Waals surface area (Å²) in [5, 5.41) is 18.1. The van der Waals surface area contributed by atoms with Crippen molar-refractivity contribution >= 4 is 57.3 Å². The molecule has 0 spiro atoms. The number of carbonyl (C=O) groups excluding carboxylic acids is 1. The van der Waals surface area contributed by atoms with Crippen LogP contribution in [-0.4, -0.2) is 69.1 Å². The maximum Gasteiger partial charge on any atom is 0.270 e. The molecule has 2 aliphatic heterocycles. The number of benzene rings is 3. The molecule has 2 heterocycles.